The van der Waals surface area contributed by atoms with Gasteiger partial charge in [0.1, 0.15) is 23.2 Å². The van der Waals surface area contributed by atoms with E-state index in [2.05, 4.69) is 27.5 Å². The first-order chi connectivity index (χ1) is 15.4. The van der Waals surface area contributed by atoms with Crippen LogP contribution in [-0.2, 0) is 0 Å². The van der Waals surface area contributed by atoms with E-state index in [1.807, 2.05) is 68.4 Å². The van der Waals surface area contributed by atoms with Crippen LogP contribution in [0.1, 0.15) is 42.4 Å². The molecule has 0 aliphatic carbocycles. The average Bonchev–Trinajstić information content (AvgIpc) is 2.78. The Hall–Kier alpha value is -3.61. The third-order valence-corrected chi connectivity index (χ3v) is 4.83. The first kappa shape index (κ1) is 23.1. The van der Waals surface area contributed by atoms with E-state index >= 15 is 0 Å². The molecule has 3 rings (SSSR count). The van der Waals surface area contributed by atoms with Crippen LogP contribution >= 0.6 is 0 Å². The molecular formula is C25H31N5O2. The Labute approximate surface area is 189 Å². The number of amides is 1. The summed E-state index contributed by atoms with van der Waals surface area (Å²) >= 11 is 0. The van der Waals surface area contributed by atoms with Crippen LogP contribution in [0, 0.1) is 6.92 Å². The van der Waals surface area contributed by atoms with Crippen LogP contribution in [0.25, 0.3) is 0 Å². The highest BCUT2D eigenvalue weighted by Gasteiger charge is 2.08. The Bertz CT molecular complexity index is 1020. The van der Waals surface area contributed by atoms with Gasteiger partial charge in [0, 0.05) is 37.1 Å². The highest BCUT2D eigenvalue weighted by molar-refractivity contribution is 6.04. The van der Waals surface area contributed by atoms with E-state index in [-0.39, 0.29) is 5.91 Å². The zero-order valence-corrected chi connectivity index (χ0v) is 19.2. The van der Waals surface area contributed by atoms with Crippen molar-refractivity contribution >= 4 is 28.9 Å². The number of nitrogens with one attached hydrogen (secondary N) is 2. The van der Waals surface area contributed by atoms with Gasteiger partial charge in [-0.05, 0) is 61.9 Å². The Kier molecular flexibility index (Phi) is 8.02. The van der Waals surface area contributed by atoms with Crippen molar-refractivity contribution in [2.24, 2.45) is 0 Å². The maximum absolute atomic E-state index is 12.6. The molecule has 0 aliphatic heterocycles. The van der Waals surface area contributed by atoms with Crippen LogP contribution in [0.5, 0.6) is 5.75 Å². The highest BCUT2D eigenvalue weighted by atomic mass is 16.5. The number of anilines is 4. The van der Waals surface area contributed by atoms with Gasteiger partial charge in [0.25, 0.3) is 5.91 Å². The van der Waals surface area contributed by atoms with Gasteiger partial charge in [-0.1, -0.05) is 19.8 Å². The van der Waals surface area contributed by atoms with Gasteiger partial charge in [-0.15, -0.1) is 0 Å². The fourth-order valence-electron chi connectivity index (χ4n) is 3.08. The number of rotatable bonds is 10. The molecule has 0 radical (unpaired) electrons. The molecule has 0 atom stereocenters. The van der Waals surface area contributed by atoms with Gasteiger partial charge >= 0.3 is 0 Å². The standard InChI is InChI=1S/C25H31N5O2/c1-5-6-7-16-32-22-14-8-19(9-15-22)25(31)29-21-12-10-20(11-13-21)28-23-17-24(30(3)4)27-18(2)26-23/h8-15,17H,5-7,16H2,1-4H3,(H,29,31)(H,26,27,28). The number of nitrogens with zero attached hydrogens (tertiary/aromatic N) is 3. The van der Waals surface area contributed by atoms with Gasteiger partial charge in [-0.2, -0.15) is 0 Å². The summed E-state index contributed by atoms with van der Waals surface area (Å²) in [6, 6.07) is 16.6. The van der Waals surface area contributed by atoms with Crippen LogP contribution in [-0.4, -0.2) is 36.6 Å². The van der Waals surface area contributed by atoms with Gasteiger partial charge in [0.05, 0.1) is 6.61 Å². The summed E-state index contributed by atoms with van der Waals surface area (Å²) in [6.07, 6.45) is 3.36. The third kappa shape index (κ3) is 6.70. The second kappa shape index (κ2) is 11.1. The number of hydrogen-bond acceptors (Lipinski definition) is 6. The van der Waals surface area contributed by atoms with Crippen molar-refractivity contribution in [3.05, 3.63) is 66.0 Å². The van der Waals surface area contributed by atoms with E-state index in [0.29, 0.717) is 23.7 Å². The average molecular weight is 434 g/mol. The quantitative estimate of drug-likeness (QED) is 0.416. The van der Waals surface area contributed by atoms with Gasteiger partial charge in [-0.25, -0.2) is 9.97 Å². The Morgan fingerprint density at radius 3 is 2.31 bits per heavy atom. The monoisotopic (exact) mass is 433 g/mol. The Morgan fingerprint density at radius 2 is 1.66 bits per heavy atom. The molecule has 32 heavy (non-hydrogen) atoms. The largest absolute Gasteiger partial charge is 0.494 e. The summed E-state index contributed by atoms with van der Waals surface area (Å²) in [5.41, 5.74) is 2.17. The molecule has 0 saturated carbocycles. The minimum Gasteiger partial charge on any atom is -0.494 e. The maximum Gasteiger partial charge on any atom is 0.255 e. The zero-order chi connectivity index (χ0) is 22.9. The van der Waals surface area contributed by atoms with Crippen LogP contribution in [0.3, 0.4) is 0 Å². The fraction of sp³-hybridized carbons (Fsp3) is 0.320. The SMILES string of the molecule is CCCCCOc1ccc(C(=O)Nc2ccc(Nc3cc(N(C)C)nc(C)n3)cc2)cc1. The molecule has 0 fully saturated rings. The lowest BCUT2D eigenvalue weighted by Gasteiger charge is -2.14. The topological polar surface area (TPSA) is 79.4 Å². The number of benzene rings is 2. The second-order valence-electron chi connectivity index (χ2n) is 7.79. The number of hydrogen-bond donors (Lipinski definition) is 2. The number of aryl methyl sites for hydroxylation is 1. The molecule has 0 aliphatic rings. The minimum absolute atomic E-state index is 0.162. The molecule has 7 heteroatoms. The molecular weight excluding hydrogens is 402 g/mol. The van der Waals surface area contributed by atoms with E-state index in [9.17, 15) is 4.79 Å². The Balaban J connectivity index is 1.57. The number of carbonyl (C=O) groups is 1. The van der Waals surface area contributed by atoms with E-state index < -0.39 is 0 Å². The molecule has 0 saturated heterocycles. The summed E-state index contributed by atoms with van der Waals surface area (Å²) in [5.74, 6) is 2.87. The molecule has 0 unspecified atom stereocenters. The van der Waals surface area contributed by atoms with Crippen molar-refractivity contribution in [2.75, 3.05) is 36.2 Å². The van der Waals surface area contributed by atoms with E-state index in [0.717, 1.165) is 42.3 Å². The van der Waals surface area contributed by atoms with E-state index in [4.69, 9.17) is 4.74 Å². The predicted octanol–water partition coefficient (Wildman–Crippen LogP) is 5.42. The maximum atomic E-state index is 12.6. The van der Waals surface area contributed by atoms with Gasteiger partial charge in [-0.3, -0.25) is 4.79 Å². The lowest BCUT2D eigenvalue weighted by atomic mass is 10.2. The molecule has 2 aromatic carbocycles. The third-order valence-electron chi connectivity index (χ3n) is 4.83. The normalized spacial score (nSPS) is 10.5. The summed E-state index contributed by atoms with van der Waals surface area (Å²) < 4.78 is 5.70. The van der Waals surface area contributed by atoms with Crippen molar-refractivity contribution in [3.63, 3.8) is 0 Å². The van der Waals surface area contributed by atoms with E-state index in [1.54, 1.807) is 12.1 Å². The smallest absolute Gasteiger partial charge is 0.255 e. The fourth-order valence-corrected chi connectivity index (χ4v) is 3.08. The molecule has 0 spiro atoms. The minimum atomic E-state index is -0.162. The summed E-state index contributed by atoms with van der Waals surface area (Å²) in [7, 11) is 3.88. The highest BCUT2D eigenvalue weighted by Crippen LogP contribution is 2.21. The first-order valence-electron chi connectivity index (χ1n) is 10.9. The van der Waals surface area contributed by atoms with Crippen LogP contribution in [0.4, 0.5) is 23.0 Å². The molecule has 1 heterocycles. The molecule has 1 amide bonds. The number of unbranched alkanes of at least 4 members (excludes halogenated alkanes) is 2. The number of aromatic nitrogens is 2. The van der Waals surface area contributed by atoms with Crippen LogP contribution < -0.4 is 20.3 Å². The van der Waals surface area contributed by atoms with Gasteiger partial charge in [0.15, 0.2) is 0 Å². The summed E-state index contributed by atoms with van der Waals surface area (Å²) in [6.45, 7) is 4.73. The van der Waals surface area contributed by atoms with Crippen LogP contribution in [0.2, 0.25) is 0 Å². The Morgan fingerprint density at radius 1 is 0.969 bits per heavy atom. The van der Waals surface area contributed by atoms with Crippen molar-refractivity contribution < 1.29 is 9.53 Å². The lowest BCUT2D eigenvalue weighted by Crippen LogP contribution is -2.12. The molecule has 0 bridgehead atoms. The molecule has 2 N–H and O–H groups in total. The van der Waals surface area contributed by atoms with Gasteiger partial charge < -0.3 is 20.3 Å². The molecule has 3 aromatic rings. The van der Waals surface area contributed by atoms with Crippen LogP contribution in [0.15, 0.2) is 54.6 Å². The summed E-state index contributed by atoms with van der Waals surface area (Å²) in [5, 5.41) is 6.20. The van der Waals surface area contributed by atoms with E-state index in [1.165, 1.54) is 0 Å². The number of ether oxygens (including phenoxy) is 1. The summed E-state index contributed by atoms with van der Waals surface area (Å²) in [4.78, 5) is 23.3. The zero-order valence-electron chi connectivity index (χ0n) is 19.2. The van der Waals surface area contributed by atoms with Crippen molar-refractivity contribution in [3.8, 4) is 5.75 Å². The predicted molar refractivity (Wildman–Crippen MR) is 130 cm³/mol. The molecule has 168 valence electrons. The van der Waals surface area contributed by atoms with Crippen molar-refractivity contribution in [1.29, 1.82) is 0 Å². The number of carbonyl (C=O) groups excluding carboxylic acids is 1. The molecule has 7 nitrogen and oxygen atoms in total. The van der Waals surface area contributed by atoms with Gasteiger partial charge in [0.2, 0.25) is 0 Å². The van der Waals surface area contributed by atoms with Crippen molar-refractivity contribution in [2.45, 2.75) is 33.1 Å². The van der Waals surface area contributed by atoms with Crippen molar-refractivity contribution in [1.82, 2.24) is 9.97 Å². The second-order valence-corrected chi connectivity index (χ2v) is 7.79. The lowest BCUT2D eigenvalue weighted by molar-refractivity contribution is 0.102. The molecule has 1 aromatic heterocycles. The first-order valence-corrected chi connectivity index (χ1v) is 10.9.